The molecule has 0 unspecified atom stereocenters. The second-order valence-electron chi connectivity index (χ2n) is 18.5. The zero-order chi connectivity index (χ0) is 54.6. The third-order valence-corrected chi connectivity index (χ3v) is 12.6. The number of benzene rings is 4. The molecule has 1 aliphatic rings. The number of aryl methyl sites for hydroxylation is 3. The van der Waals surface area contributed by atoms with Crippen LogP contribution in [0.5, 0.6) is 5.75 Å². The second-order valence-corrected chi connectivity index (χ2v) is 18.5. The molecule has 0 atom stereocenters. The minimum absolute atomic E-state index is 0.0161. The minimum Gasteiger partial charge on any atom is -0.489 e. The van der Waals surface area contributed by atoms with Gasteiger partial charge in [0.05, 0.1) is 196 Å². The van der Waals surface area contributed by atoms with Crippen molar-refractivity contribution in [3.05, 3.63) is 117 Å². The van der Waals surface area contributed by atoms with Crippen molar-refractivity contribution in [2.45, 2.75) is 32.8 Å². The molecule has 0 spiro atoms. The highest BCUT2D eigenvalue weighted by Crippen LogP contribution is 2.57. The fourth-order valence-electron chi connectivity index (χ4n) is 8.77. The van der Waals surface area contributed by atoms with Gasteiger partial charge in [0.25, 0.3) is 0 Å². The van der Waals surface area contributed by atoms with E-state index >= 15 is 0 Å². The first-order valence-electron chi connectivity index (χ1n) is 27.2. The van der Waals surface area contributed by atoms with Crippen LogP contribution in [-0.4, -0.2) is 211 Å². The van der Waals surface area contributed by atoms with Gasteiger partial charge >= 0.3 is 0 Å². The van der Waals surface area contributed by atoms with E-state index in [2.05, 4.69) is 113 Å². The lowest BCUT2D eigenvalue weighted by Crippen LogP contribution is -2.29. The maximum Gasteiger partial charge on any atom is 0.142 e. The van der Waals surface area contributed by atoms with E-state index in [1.807, 2.05) is 0 Å². The predicted molar refractivity (Wildman–Crippen MR) is 296 cm³/mol. The highest BCUT2D eigenvalue weighted by atomic mass is 16.6. The number of nitrogens with zero attached hydrogens (tertiary/aromatic N) is 1. The largest absolute Gasteiger partial charge is 0.489 e. The summed E-state index contributed by atoms with van der Waals surface area (Å²) in [6.07, 6.45) is 0. The number of methoxy groups -OCH3 is 1. The van der Waals surface area contributed by atoms with Gasteiger partial charge in [0.15, 0.2) is 0 Å². The van der Waals surface area contributed by atoms with Gasteiger partial charge in [-0.1, -0.05) is 71.8 Å². The smallest absolute Gasteiger partial charge is 0.142 e. The van der Waals surface area contributed by atoms with Crippen LogP contribution in [0.1, 0.15) is 44.5 Å². The van der Waals surface area contributed by atoms with E-state index in [0.717, 1.165) is 28.1 Å². The number of rotatable bonds is 47. The standard InChI is InChI=1S/C60H89NO16/c1-48-7-12-54-55-13-8-49(2)44-57(55)60(56(54)43-48,52-10-9-51(50(3)45-52)47-76-40-39-74-36-35-72-32-31-70-28-27-68-24-23-66-20-19-64-16-15-62)53-11-14-59(58(46-53)61(4)5)77-42-41-75-38-37-73-34-33-71-30-29-69-26-25-67-22-21-65-18-17-63-6/h7-14,43-46,62H,15-42,47H2,1-6H3. The van der Waals surface area contributed by atoms with Crippen LogP contribution in [0.15, 0.2) is 72.8 Å². The van der Waals surface area contributed by atoms with Crippen LogP contribution < -0.4 is 9.64 Å². The van der Waals surface area contributed by atoms with E-state index in [9.17, 15) is 0 Å². The molecule has 17 nitrogen and oxygen atoms in total. The van der Waals surface area contributed by atoms with Crippen molar-refractivity contribution in [1.29, 1.82) is 0 Å². The van der Waals surface area contributed by atoms with Gasteiger partial charge in [-0.15, -0.1) is 0 Å². The first-order valence-corrected chi connectivity index (χ1v) is 27.2. The van der Waals surface area contributed by atoms with Crippen LogP contribution in [0.2, 0.25) is 0 Å². The van der Waals surface area contributed by atoms with Crippen LogP contribution >= 0.6 is 0 Å². The molecule has 77 heavy (non-hydrogen) atoms. The number of hydrogen-bond acceptors (Lipinski definition) is 17. The fourth-order valence-corrected chi connectivity index (χ4v) is 8.77. The predicted octanol–water partition coefficient (Wildman–Crippen LogP) is 6.77. The maximum atomic E-state index is 8.69. The molecule has 17 heteroatoms. The summed E-state index contributed by atoms with van der Waals surface area (Å²) in [7, 11) is 5.77. The Kier molecular flexibility index (Phi) is 31.8. The molecule has 0 aromatic heterocycles. The number of aliphatic hydroxyl groups is 1. The lowest BCUT2D eigenvalue weighted by atomic mass is 9.67. The van der Waals surface area contributed by atoms with Gasteiger partial charge in [0.1, 0.15) is 12.4 Å². The van der Waals surface area contributed by atoms with E-state index < -0.39 is 5.41 Å². The monoisotopic (exact) mass is 1080 g/mol. The number of fused-ring (bicyclic) bond motifs is 3. The minimum atomic E-state index is -0.599. The second kappa shape index (κ2) is 38.5. The quantitative estimate of drug-likeness (QED) is 0.0406. The molecule has 0 heterocycles. The Bertz CT molecular complexity index is 2140. The number of anilines is 1. The normalized spacial score (nSPS) is 12.6. The zero-order valence-electron chi connectivity index (χ0n) is 47.0. The lowest BCUT2D eigenvalue weighted by molar-refractivity contribution is -0.0220. The molecule has 0 saturated carbocycles. The van der Waals surface area contributed by atoms with Crippen molar-refractivity contribution in [3.63, 3.8) is 0 Å². The molecule has 0 saturated heterocycles. The number of aliphatic hydroxyl groups excluding tert-OH is 1. The summed E-state index contributed by atoms with van der Waals surface area (Å²) in [6.45, 7) is 20.1. The summed E-state index contributed by atoms with van der Waals surface area (Å²) in [5.41, 5.74) is 12.5. The number of ether oxygens (including phenoxy) is 15. The molecule has 0 aliphatic heterocycles. The van der Waals surface area contributed by atoms with Crippen LogP contribution in [0.25, 0.3) is 11.1 Å². The molecule has 0 radical (unpaired) electrons. The molecule has 0 fully saturated rings. The first-order chi connectivity index (χ1) is 37.8. The van der Waals surface area contributed by atoms with E-state index in [4.69, 9.17) is 76.2 Å². The third-order valence-electron chi connectivity index (χ3n) is 12.6. The van der Waals surface area contributed by atoms with Crippen molar-refractivity contribution in [3.8, 4) is 16.9 Å². The first kappa shape index (κ1) is 63.7. The Morgan fingerprint density at radius 1 is 0.390 bits per heavy atom. The molecular formula is C60H89NO16. The van der Waals surface area contributed by atoms with Gasteiger partial charge in [0, 0.05) is 21.2 Å². The van der Waals surface area contributed by atoms with Crippen LogP contribution in [0, 0.1) is 20.8 Å². The van der Waals surface area contributed by atoms with E-state index in [0.29, 0.717) is 185 Å². The van der Waals surface area contributed by atoms with Crippen molar-refractivity contribution < 1.29 is 76.2 Å². The van der Waals surface area contributed by atoms with E-state index in [1.54, 1.807) is 7.11 Å². The van der Waals surface area contributed by atoms with Crippen molar-refractivity contribution >= 4 is 5.69 Å². The molecule has 430 valence electrons. The molecule has 4 aromatic rings. The molecule has 1 N–H and O–H groups in total. The Morgan fingerprint density at radius 2 is 0.753 bits per heavy atom. The Hall–Kier alpha value is -4.12. The molecule has 1 aliphatic carbocycles. The van der Waals surface area contributed by atoms with Crippen molar-refractivity contribution in [1.82, 2.24) is 0 Å². The lowest BCUT2D eigenvalue weighted by Gasteiger charge is -2.35. The zero-order valence-corrected chi connectivity index (χ0v) is 47.0. The summed E-state index contributed by atoms with van der Waals surface area (Å²) in [5.74, 6) is 0.790. The Balaban J connectivity index is 1.06. The Morgan fingerprint density at radius 3 is 1.14 bits per heavy atom. The topological polar surface area (TPSA) is 162 Å². The summed E-state index contributed by atoms with van der Waals surface area (Å²) in [4.78, 5) is 2.12. The molecular weight excluding hydrogens is 991 g/mol. The summed E-state index contributed by atoms with van der Waals surface area (Å²) in [5, 5.41) is 8.69. The molecule has 5 rings (SSSR count). The van der Waals surface area contributed by atoms with Crippen LogP contribution in [0.3, 0.4) is 0 Å². The SMILES string of the molecule is COCCOCCOCCOCCOCCOCCOCCOc1ccc(C2(c3ccc(COCCOCCOCCOCCOCCOCCOCCO)c(C)c3)c3cc(C)ccc3-c3ccc(C)cc32)cc1N(C)C. The van der Waals surface area contributed by atoms with Crippen LogP contribution in [-0.2, 0) is 78.3 Å². The van der Waals surface area contributed by atoms with Gasteiger partial charge in [-0.25, -0.2) is 0 Å². The molecule has 0 bridgehead atoms. The van der Waals surface area contributed by atoms with Gasteiger partial charge in [-0.05, 0) is 77.4 Å². The summed E-state index contributed by atoms with van der Waals surface area (Å²) < 4.78 is 84.1. The van der Waals surface area contributed by atoms with Gasteiger partial charge in [-0.3, -0.25) is 0 Å². The van der Waals surface area contributed by atoms with Gasteiger partial charge < -0.3 is 81.1 Å². The average molecular weight is 1080 g/mol. The third kappa shape index (κ3) is 22.2. The number of hydrogen-bond donors (Lipinski definition) is 1. The van der Waals surface area contributed by atoms with Crippen LogP contribution in [0.4, 0.5) is 5.69 Å². The maximum absolute atomic E-state index is 8.69. The highest BCUT2D eigenvalue weighted by Gasteiger charge is 2.47. The average Bonchev–Trinajstić information content (AvgIpc) is 3.95. The van der Waals surface area contributed by atoms with E-state index in [1.165, 1.54) is 38.9 Å². The molecule has 4 aromatic carbocycles. The Labute approximate surface area is 458 Å². The molecule has 0 amide bonds. The fraction of sp³-hybridized carbons (Fsp3) is 0.600. The van der Waals surface area contributed by atoms with Crippen molar-refractivity contribution in [2.24, 2.45) is 0 Å². The van der Waals surface area contributed by atoms with Gasteiger partial charge in [-0.2, -0.15) is 0 Å². The van der Waals surface area contributed by atoms with Gasteiger partial charge in [0.2, 0.25) is 0 Å². The summed E-state index contributed by atoms with van der Waals surface area (Å²) in [6, 6.07) is 27.2. The van der Waals surface area contributed by atoms with E-state index in [-0.39, 0.29) is 6.61 Å². The summed E-state index contributed by atoms with van der Waals surface area (Å²) >= 11 is 0. The highest BCUT2D eigenvalue weighted by molar-refractivity contribution is 5.87. The van der Waals surface area contributed by atoms with Crippen molar-refractivity contribution in [2.75, 3.05) is 211 Å².